The van der Waals surface area contributed by atoms with E-state index in [4.69, 9.17) is 11.0 Å². The van der Waals surface area contributed by atoms with E-state index < -0.39 is 0 Å². The molecule has 0 atom stereocenters. The molecule has 46 valence electrons. The topological polar surface area (TPSA) is 78.5 Å². The minimum absolute atomic E-state index is 0.385. The maximum absolute atomic E-state index is 8.27. The Bertz CT molecular complexity index is 231. The number of nitriles is 1. The van der Waals surface area contributed by atoms with Crippen molar-refractivity contribution in [3.63, 3.8) is 0 Å². The van der Waals surface area contributed by atoms with Crippen molar-refractivity contribution in [2.24, 2.45) is 5.73 Å². The van der Waals surface area contributed by atoms with Gasteiger partial charge in [0.15, 0.2) is 5.69 Å². The average molecular weight is 122 g/mol. The SMILES string of the molecule is N#Cc1cc(CN)[nH]n1. The van der Waals surface area contributed by atoms with Crippen molar-refractivity contribution in [2.45, 2.75) is 6.54 Å². The van der Waals surface area contributed by atoms with E-state index in [1.54, 1.807) is 6.07 Å². The molecular weight excluding hydrogens is 116 g/mol. The molecule has 4 nitrogen and oxygen atoms in total. The highest BCUT2D eigenvalue weighted by Crippen LogP contribution is 1.94. The predicted octanol–water partition coefficient (Wildman–Crippen LogP) is -0.260. The summed E-state index contributed by atoms with van der Waals surface area (Å²) < 4.78 is 0. The lowest BCUT2D eigenvalue weighted by Crippen LogP contribution is -1.95. The molecule has 0 fully saturated rings. The molecule has 0 aliphatic heterocycles. The molecule has 0 radical (unpaired) electrons. The third-order valence-electron chi connectivity index (χ3n) is 0.965. The average Bonchev–Trinajstić information content (AvgIpc) is 2.34. The Hall–Kier alpha value is -1.34. The summed E-state index contributed by atoms with van der Waals surface area (Å²) in [5.41, 5.74) is 6.41. The van der Waals surface area contributed by atoms with E-state index in [2.05, 4.69) is 10.2 Å². The Balaban J connectivity index is 2.90. The molecule has 9 heavy (non-hydrogen) atoms. The molecule has 1 aromatic rings. The van der Waals surface area contributed by atoms with E-state index in [-0.39, 0.29) is 0 Å². The van der Waals surface area contributed by atoms with Gasteiger partial charge in [0.1, 0.15) is 6.07 Å². The van der Waals surface area contributed by atoms with Crippen LogP contribution in [-0.2, 0) is 6.54 Å². The molecule has 0 aliphatic carbocycles. The number of H-pyrrole nitrogens is 1. The van der Waals surface area contributed by atoms with Crippen LogP contribution in [0, 0.1) is 11.3 Å². The Morgan fingerprint density at radius 2 is 2.67 bits per heavy atom. The van der Waals surface area contributed by atoms with E-state index >= 15 is 0 Å². The molecule has 0 spiro atoms. The van der Waals surface area contributed by atoms with Gasteiger partial charge in [0.25, 0.3) is 0 Å². The van der Waals surface area contributed by atoms with Crippen LogP contribution in [0.25, 0.3) is 0 Å². The van der Waals surface area contributed by atoms with Crippen LogP contribution >= 0.6 is 0 Å². The van der Waals surface area contributed by atoms with E-state index in [0.717, 1.165) is 5.69 Å². The van der Waals surface area contributed by atoms with Crippen molar-refractivity contribution in [3.8, 4) is 6.07 Å². The monoisotopic (exact) mass is 122 g/mol. The Labute approximate surface area is 52.3 Å². The fourth-order valence-electron chi connectivity index (χ4n) is 0.523. The van der Waals surface area contributed by atoms with Crippen LogP contribution in [0.3, 0.4) is 0 Å². The van der Waals surface area contributed by atoms with Crippen LogP contribution < -0.4 is 5.73 Å². The van der Waals surface area contributed by atoms with Crippen molar-refractivity contribution >= 4 is 0 Å². The maximum Gasteiger partial charge on any atom is 0.162 e. The van der Waals surface area contributed by atoms with Crippen LogP contribution in [0.2, 0.25) is 0 Å². The zero-order valence-electron chi connectivity index (χ0n) is 4.76. The van der Waals surface area contributed by atoms with Crippen LogP contribution in [0.4, 0.5) is 0 Å². The van der Waals surface area contributed by atoms with Gasteiger partial charge in [0, 0.05) is 6.54 Å². The van der Waals surface area contributed by atoms with Gasteiger partial charge in [-0.15, -0.1) is 0 Å². The molecular formula is C5H6N4. The second kappa shape index (κ2) is 2.29. The predicted molar refractivity (Wildman–Crippen MR) is 31.2 cm³/mol. The van der Waals surface area contributed by atoms with Crippen LogP contribution in [-0.4, -0.2) is 10.2 Å². The Morgan fingerprint density at radius 3 is 3.00 bits per heavy atom. The van der Waals surface area contributed by atoms with Crippen molar-refractivity contribution < 1.29 is 0 Å². The van der Waals surface area contributed by atoms with Crippen molar-refractivity contribution in [2.75, 3.05) is 0 Å². The largest absolute Gasteiger partial charge is 0.325 e. The summed E-state index contributed by atoms with van der Waals surface area (Å²) in [5.74, 6) is 0. The third kappa shape index (κ3) is 1.06. The maximum atomic E-state index is 8.27. The van der Waals surface area contributed by atoms with Crippen LogP contribution in [0.15, 0.2) is 6.07 Å². The molecule has 4 heteroatoms. The van der Waals surface area contributed by atoms with Crippen LogP contribution in [0.5, 0.6) is 0 Å². The molecule has 0 unspecified atom stereocenters. The number of rotatable bonds is 1. The fourth-order valence-corrected chi connectivity index (χ4v) is 0.523. The third-order valence-corrected chi connectivity index (χ3v) is 0.965. The van der Waals surface area contributed by atoms with Gasteiger partial charge in [0.2, 0.25) is 0 Å². The number of aromatic amines is 1. The first-order valence-corrected chi connectivity index (χ1v) is 2.51. The summed E-state index contributed by atoms with van der Waals surface area (Å²) in [6, 6.07) is 3.51. The number of hydrogen-bond donors (Lipinski definition) is 2. The van der Waals surface area contributed by atoms with Gasteiger partial charge in [-0.25, -0.2) is 0 Å². The first kappa shape index (κ1) is 5.79. The summed E-state index contributed by atoms with van der Waals surface area (Å²) in [4.78, 5) is 0. The number of hydrogen-bond acceptors (Lipinski definition) is 3. The highest BCUT2D eigenvalue weighted by Gasteiger charge is 1.94. The number of nitrogens with two attached hydrogens (primary N) is 1. The lowest BCUT2D eigenvalue weighted by Gasteiger charge is -1.80. The zero-order chi connectivity index (χ0) is 6.69. The highest BCUT2D eigenvalue weighted by atomic mass is 15.1. The Morgan fingerprint density at radius 1 is 1.89 bits per heavy atom. The molecule has 1 heterocycles. The number of nitrogens with zero attached hydrogens (tertiary/aromatic N) is 2. The summed E-state index contributed by atoms with van der Waals surface area (Å²) in [5, 5.41) is 14.5. The lowest BCUT2D eigenvalue weighted by molar-refractivity contribution is 0.944. The number of nitrogens with one attached hydrogen (secondary N) is 1. The second-order valence-electron chi connectivity index (χ2n) is 1.59. The quantitative estimate of drug-likeness (QED) is 0.538. The molecule has 0 aromatic carbocycles. The molecule has 0 saturated heterocycles. The van der Waals surface area contributed by atoms with E-state index in [0.29, 0.717) is 12.2 Å². The summed E-state index contributed by atoms with van der Waals surface area (Å²) >= 11 is 0. The van der Waals surface area contributed by atoms with Crippen molar-refractivity contribution in [1.82, 2.24) is 10.2 Å². The van der Waals surface area contributed by atoms with Gasteiger partial charge in [-0.2, -0.15) is 10.4 Å². The lowest BCUT2D eigenvalue weighted by atomic mass is 10.4. The van der Waals surface area contributed by atoms with E-state index in [1.807, 2.05) is 6.07 Å². The molecule has 1 aromatic heterocycles. The first-order chi connectivity index (χ1) is 4.36. The molecule has 0 aliphatic rings. The minimum atomic E-state index is 0.385. The fraction of sp³-hybridized carbons (Fsp3) is 0.200. The van der Waals surface area contributed by atoms with Gasteiger partial charge in [0.05, 0.1) is 5.69 Å². The van der Waals surface area contributed by atoms with Gasteiger partial charge in [-0.05, 0) is 6.07 Å². The second-order valence-corrected chi connectivity index (χ2v) is 1.59. The molecule has 1 rings (SSSR count). The molecule has 0 amide bonds. The van der Waals surface area contributed by atoms with E-state index in [1.165, 1.54) is 0 Å². The normalized spacial score (nSPS) is 8.89. The number of aromatic nitrogens is 2. The smallest absolute Gasteiger partial charge is 0.162 e. The summed E-state index contributed by atoms with van der Waals surface area (Å²) in [6.07, 6.45) is 0. The van der Waals surface area contributed by atoms with Gasteiger partial charge in [-0.3, -0.25) is 5.10 Å². The zero-order valence-corrected chi connectivity index (χ0v) is 4.76. The van der Waals surface area contributed by atoms with Gasteiger partial charge < -0.3 is 5.73 Å². The standard InChI is InChI=1S/C5H6N4/c6-2-4-1-5(3-7)9-8-4/h1H,2,6H2,(H,8,9). The summed E-state index contributed by atoms with van der Waals surface area (Å²) in [6.45, 7) is 0.397. The summed E-state index contributed by atoms with van der Waals surface area (Å²) in [7, 11) is 0. The van der Waals surface area contributed by atoms with Crippen LogP contribution in [0.1, 0.15) is 11.4 Å². The first-order valence-electron chi connectivity index (χ1n) is 2.51. The molecule has 0 saturated carbocycles. The Kier molecular flexibility index (Phi) is 1.47. The van der Waals surface area contributed by atoms with Gasteiger partial charge >= 0.3 is 0 Å². The highest BCUT2D eigenvalue weighted by molar-refractivity contribution is 5.20. The van der Waals surface area contributed by atoms with E-state index in [9.17, 15) is 0 Å². The molecule has 0 bridgehead atoms. The minimum Gasteiger partial charge on any atom is -0.325 e. The van der Waals surface area contributed by atoms with Crippen molar-refractivity contribution in [3.05, 3.63) is 17.5 Å². The molecule has 3 N–H and O–H groups in total. The van der Waals surface area contributed by atoms with Gasteiger partial charge in [-0.1, -0.05) is 0 Å². The van der Waals surface area contributed by atoms with Crippen molar-refractivity contribution in [1.29, 1.82) is 5.26 Å².